The summed E-state index contributed by atoms with van der Waals surface area (Å²) in [7, 11) is 0. The summed E-state index contributed by atoms with van der Waals surface area (Å²) < 4.78 is 5.76. The second kappa shape index (κ2) is 9.67. The molecule has 2 heterocycles. The Morgan fingerprint density at radius 3 is 2.67 bits per heavy atom. The molecule has 30 heavy (non-hydrogen) atoms. The number of aromatic amines is 1. The number of rotatable bonds is 8. The first kappa shape index (κ1) is 20.3. The van der Waals surface area contributed by atoms with Crippen LogP contribution < -0.4 is 15.0 Å². The molecule has 4 rings (SSSR count). The van der Waals surface area contributed by atoms with Crippen molar-refractivity contribution in [2.75, 3.05) is 50.8 Å². The van der Waals surface area contributed by atoms with Gasteiger partial charge in [-0.3, -0.25) is 9.69 Å². The Balaban J connectivity index is 1.22. The fourth-order valence-electron chi connectivity index (χ4n) is 4.08. The van der Waals surface area contributed by atoms with Gasteiger partial charge in [0.15, 0.2) is 0 Å². The molecule has 3 aromatic rings. The van der Waals surface area contributed by atoms with Gasteiger partial charge in [-0.15, -0.1) is 0 Å². The molecular weight excluding hydrogens is 376 g/mol. The van der Waals surface area contributed by atoms with Gasteiger partial charge >= 0.3 is 0 Å². The number of para-hydroxylation sites is 3. The summed E-state index contributed by atoms with van der Waals surface area (Å²) in [6, 6.07) is 16.4. The molecule has 6 nitrogen and oxygen atoms in total. The van der Waals surface area contributed by atoms with Crippen molar-refractivity contribution in [3.63, 3.8) is 0 Å². The number of anilines is 1. The molecule has 2 N–H and O–H groups in total. The number of piperazine rings is 1. The number of hydrogen-bond acceptors (Lipinski definition) is 4. The van der Waals surface area contributed by atoms with Crippen LogP contribution in [0.2, 0.25) is 0 Å². The summed E-state index contributed by atoms with van der Waals surface area (Å²) in [6.07, 6.45) is 2.87. The smallest absolute Gasteiger partial charge is 0.234 e. The number of carbonyl (C=O) groups excluding carboxylic acids is 1. The zero-order chi connectivity index (χ0) is 20.8. The minimum atomic E-state index is 0.0954. The Morgan fingerprint density at radius 1 is 1.07 bits per heavy atom. The second-order valence-corrected chi connectivity index (χ2v) is 7.62. The van der Waals surface area contributed by atoms with Gasteiger partial charge in [-0.25, -0.2) is 0 Å². The van der Waals surface area contributed by atoms with Crippen LogP contribution in [0.5, 0.6) is 5.75 Å². The van der Waals surface area contributed by atoms with Crippen molar-refractivity contribution < 1.29 is 9.53 Å². The molecule has 1 saturated heterocycles. The van der Waals surface area contributed by atoms with Crippen LogP contribution in [-0.4, -0.2) is 61.7 Å². The average Bonchev–Trinajstić information content (AvgIpc) is 3.18. The van der Waals surface area contributed by atoms with Crippen molar-refractivity contribution in [2.45, 2.75) is 13.3 Å². The lowest BCUT2D eigenvalue weighted by Gasteiger charge is -2.36. The molecule has 1 amide bonds. The third-order valence-corrected chi connectivity index (χ3v) is 5.64. The summed E-state index contributed by atoms with van der Waals surface area (Å²) in [5.41, 5.74) is 3.53. The van der Waals surface area contributed by atoms with E-state index in [1.807, 2.05) is 43.5 Å². The van der Waals surface area contributed by atoms with Crippen LogP contribution in [0.25, 0.3) is 10.9 Å². The molecule has 0 unspecified atom stereocenters. The van der Waals surface area contributed by atoms with E-state index in [2.05, 4.69) is 38.3 Å². The number of fused-ring (bicyclic) bond motifs is 1. The first-order chi connectivity index (χ1) is 14.7. The Labute approximate surface area is 177 Å². The molecule has 0 radical (unpaired) electrons. The van der Waals surface area contributed by atoms with Crippen molar-refractivity contribution >= 4 is 22.5 Å². The van der Waals surface area contributed by atoms with Crippen molar-refractivity contribution in [2.24, 2.45) is 0 Å². The number of ether oxygens (including phenoxy) is 1. The van der Waals surface area contributed by atoms with Crippen LogP contribution in [0.4, 0.5) is 5.69 Å². The first-order valence-electron chi connectivity index (χ1n) is 10.8. The predicted octanol–water partition coefficient (Wildman–Crippen LogP) is 3.05. The molecule has 158 valence electrons. The largest absolute Gasteiger partial charge is 0.492 e. The Kier molecular flexibility index (Phi) is 6.54. The minimum Gasteiger partial charge on any atom is -0.492 e. The quantitative estimate of drug-likeness (QED) is 0.604. The molecular formula is C24H30N4O2. The summed E-state index contributed by atoms with van der Waals surface area (Å²) in [5.74, 6) is 1.03. The van der Waals surface area contributed by atoms with Crippen molar-refractivity contribution in [3.8, 4) is 5.75 Å². The van der Waals surface area contributed by atoms with E-state index in [0.29, 0.717) is 19.7 Å². The summed E-state index contributed by atoms with van der Waals surface area (Å²) in [4.78, 5) is 20.3. The molecule has 1 aliphatic heterocycles. The number of carbonyl (C=O) groups is 1. The van der Waals surface area contributed by atoms with Crippen molar-refractivity contribution in [1.82, 2.24) is 15.2 Å². The number of aromatic nitrogens is 1. The van der Waals surface area contributed by atoms with Crippen LogP contribution in [-0.2, 0) is 11.2 Å². The van der Waals surface area contributed by atoms with Crippen LogP contribution >= 0.6 is 0 Å². The van der Waals surface area contributed by atoms with E-state index in [-0.39, 0.29) is 5.91 Å². The molecule has 0 aliphatic carbocycles. The van der Waals surface area contributed by atoms with Gasteiger partial charge in [-0.2, -0.15) is 0 Å². The third kappa shape index (κ3) is 4.76. The molecule has 1 aromatic heterocycles. The Morgan fingerprint density at radius 2 is 1.83 bits per heavy atom. The highest BCUT2D eigenvalue weighted by Gasteiger charge is 2.21. The minimum absolute atomic E-state index is 0.0954. The molecule has 0 bridgehead atoms. The lowest BCUT2D eigenvalue weighted by Crippen LogP contribution is -2.49. The molecule has 1 fully saturated rings. The SMILES string of the molecule is CCOc1ccccc1N1CCN(CC(=O)NCCc2c[nH]c3ccccc23)CC1. The highest BCUT2D eigenvalue weighted by Crippen LogP contribution is 2.28. The van der Waals surface area contributed by atoms with E-state index in [0.717, 1.165) is 49.6 Å². The second-order valence-electron chi connectivity index (χ2n) is 7.62. The number of nitrogens with zero attached hydrogens (tertiary/aromatic N) is 2. The predicted molar refractivity (Wildman–Crippen MR) is 121 cm³/mol. The van der Waals surface area contributed by atoms with Crippen LogP contribution in [0, 0.1) is 0 Å². The van der Waals surface area contributed by atoms with E-state index in [4.69, 9.17) is 4.74 Å². The zero-order valence-corrected chi connectivity index (χ0v) is 17.6. The van der Waals surface area contributed by atoms with Gasteiger partial charge in [0.1, 0.15) is 5.75 Å². The molecule has 0 spiro atoms. The van der Waals surface area contributed by atoms with Crippen LogP contribution in [0.3, 0.4) is 0 Å². The maximum atomic E-state index is 12.4. The fourth-order valence-corrected chi connectivity index (χ4v) is 4.08. The average molecular weight is 407 g/mol. The normalized spacial score (nSPS) is 14.8. The number of H-pyrrole nitrogens is 1. The summed E-state index contributed by atoms with van der Waals surface area (Å²) in [6.45, 7) is 7.31. The standard InChI is InChI=1S/C24H30N4O2/c1-2-30-23-10-6-5-9-22(23)28-15-13-27(14-16-28)18-24(29)25-12-11-19-17-26-21-8-4-3-7-20(19)21/h3-10,17,26H,2,11-16,18H2,1H3,(H,25,29). The summed E-state index contributed by atoms with van der Waals surface area (Å²) >= 11 is 0. The topological polar surface area (TPSA) is 60.6 Å². The van der Waals surface area contributed by atoms with E-state index < -0.39 is 0 Å². The summed E-state index contributed by atoms with van der Waals surface area (Å²) in [5, 5.41) is 4.31. The van der Waals surface area contributed by atoms with E-state index in [1.165, 1.54) is 10.9 Å². The van der Waals surface area contributed by atoms with Crippen LogP contribution in [0.15, 0.2) is 54.7 Å². The highest BCUT2D eigenvalue weighted by atomic mass is 16.5. The van der Waals surface area contributed by atoms with Crippen LogP contribution in [0.1, 0.15) is 12.5 Å². The monoisotopic (exact) mass is 406 g/mol. The zero-order valence-electron chi connectivity index (χ0n) is 17.6. The van der Waals surface area contributed by atoms with Gasteiger partial charge in [-0.05, 0) is 37.1 Å². The molecule has 0 saturated carbocycles. The fraction of sp³-hybridized carbons (Fsp3) is 0.375. The van der Waals surface area contributed by atoms with Gasteiger partial charge in [0.2, 0.25) is 5.91 Å². The van der Waals surface area contributed by atoms with E-state index in [1.54, 1.807) is 0 Å². The van der Waals surface area contributed by atoms with Gasteiger partial charge in [0, 0.05) is 49.8 Å². The molecule has 6 heteroatoms. The van der Waals surface area contributed by atoms with E-state index in [9.17, 15) is 4.79 Å². The van der Waals surface area contributed by atoms with Gasteiger partial charge in [-0.1, -0.05) is 30.3 Å². The number of hydrogen-bond donors (Lipinski definition) is 2. The lowest BCUT2D eigenvalue weighted by molar-refractivity contribution is -0.122. The third-order valence-electron chi connectivity index (χ3n) is 5.64. The number of nitrogens with one attached hydrogen (secondary N) is 2. The first-order valence-corrected chi connectivity index (χ1v) is 10.8. The van der Waals surface area contributed by atoms with Gasteiger partial charge in [0.05, 0.1) is 18.8 Å². The number of benzene rings is 2. The number of amides is 1. The van der Waals surface area contributed by atoms with Gasteiger partial charge in [0.25, 0.3) is 0 Å². The van der Waals surface area contributed by atoms with Crippen molar-refractivity contribution in [3.05, 3.63) is 60.3 Å². The van der Waals surface area contributed by atoms with E-state index >= 15 is 0 Å². The maximum absolute atomic E-state index is 12.4. The Bertz CT molecular complexity index is 976. The van der Waals surface area contributed by atoms with Crippen molar-refractivity contribution in [1.29, 1.82) is 0 Å². The highest BCUT2D eigenvalue weighted by molar-refractivity contribution is 5.83. The lowest BCUT2D eigenvalue weighted by atomic mass is 10.1. The Hall–Kier alpha value is -2.99. The van der Waals surface area contributed by atoms with Gasteiger partial charge < -0.3 is 19.9 Å². The molecule has 1 aliphatic rings. The maximum Gasteiger partial charge on any atom is 0.234 e. The molecule has 0 atom stereocenters. The molecule has 2 aromatic carbocycles.